The van der Waals surface area contributed by atoms with Crippen molar-refractivity contribution in [3.63, 3.8) is 0 Å². The lowest BCUT2D eigenvalue weighted by atomic mass is 10.2. The molecular formula is C11H15NO7S. The fourth-order valence-electron chi connectivity index (χ4n) is 2.28. The number of aromatic carboxylic acids is 1. The molecule has 112 valence electrons. The van der Waals surface area contributed by atoms with Crippen molar-refractivity contribution in [2.45, 2.75) is 31.0 Å². The first-order valence-electron chi connectivity index (χ1n) is 5.85. The van der Waals surface area contributed by atoms with Gasteiger partial charge in [-0.25, -0.2) is 13.2 Å². The molecule has 3 N–H and O–H groups in total. The third-order valence-electron chi connectivity index (χ3n) is 3.24. The lowest BCUT2D eigenvalue weighted by Crippen LogP contribution is -2.31. The van der Waals surface area contributed by atoms with E-state index in [1.807, 2.05) is 0 Å². The molecular weight excluding hydrogens is 290 g/mol. The van der Waals surface area contributed by atoms with E-state index in [0.717, 1.165) is 4.31 Å². The number of carboxylic acid groups (broad SMARTS) is 1. The van der Waals surface area contributed by atoms with Crippen molar-refractivity contribution < 1.29 is 32.9 Å². The average Bonchev–Trinajstić information content (AvgIpc) is 2.80. The van der Waals surface area contributed by atoms with E-state index in [2.05, 4.69) is 0 Å². The SMILES string of the molecule is Cc1oc(C)c(S(=O)(=O)N2CC(O)C(O)C2)c1C(=O)O. The second kappa shape index (κ2) is 4.85. The van der Waals surface area contributed by atoms with Crippen LogP contribution in [0.25, 0.3) is 0 Å². The molecule has 20 heavy (non-hydrogen) atoms. The van der Waals surface area contributed by atoms with Gasteiger partial charge in [0.15, 0.2) is 0 Å². The maximum atomic E-state index is 12.5. The van der Waals surface area contributed by atoms with Crippen molar-refractivity contribution in [1.29, 1.82) is 0 Å². The average molecular weight is 305 g/mol. The first-order valence-corrected chi connectivity index (χ1v) is 7.29. The van der Waals surface area contributed by atoms with E-state index in [1.165, 1.54) is 13.8 Å². The number of sulfonamides is 1. The molecule has 1 fully saturated rings. The fraction of sp³-hybridized carbons (Fsp3) is 0.545. The van der Waals surface area contributed by atoms with Crippen molar-refractivity contribution >= 4 is 16.0 Å². The van der Waals surface area contributed by atoms with Crippen molar-refractivity contribution in [2.24, 2.45) is 0 Å². The van der Waals surface area contributed by atoms with E-state index in [-0.39, 0.29) is 24.6 Å². The minimum absolute atomic E-state index is 0.00568. The Morgan fingerprint density at radius 1 is 1.20 bits per heavy atom. The number of aliphatic hydroxyl groups excluding tert-OH is 2. The molecule has 1 aromatic rings. The van der Waals surface area contributed by atoms with Crippen LogP contribution in [0.3, 0.4) is 0 Å². The second-order valence-corrected chi connectivity index (χ2v) is 6.56. The van der Waals surface area contributed by atoms with Crippen LogP contribution in [0.15, 0.2) is 9.31 Å². The topological polar surface area (TPSA) is 128 Å². The minimum atomic E-state index is -4.15. The molecule has 0 radical (unpaired) electrons. The van der Waals surface area contributed by atoms with Crippen LogP contribution in [-0.2, 0) is 10.0 Å². The van der Waals surface area contributed by atoms with Gasteiger partial charge in [0.25, 0.3) is 0 Å². The number of carboxylic acids is 1. The Labute approximate surface area is 115 Å². The molecule has 2 atom stereocenters. The lowest BCUT2D eigenvalue weighted by molar-refractivity contribution is 0.0572. The molecule has 0 saturated carbocycles. The molecule has 8 nitrogen and oxygen atoms in total. The maximum Gasteiger partial charge on any atom is 0.340 e. The summed E-state index contributed by atoms with van der Waals surface area (Å²) in [6.45, 7) is 2.15. The minimum Gasteiger partial charge on any atom is -0.478 e. The Morgan fingerprint density at radius 3 is 2.15 bits per heavy atom. The van der Waals surface area contributed by atoms with Crippen molar-refractivity contribution in [1.82, 2.24) is 4.31 Å². The number of furan rings is 1. The Balaban J connectivity index is 2.53. The first kappa shape index (κ1) is 15.0. The number of hydrogen-bond donors (Lipinski definition) is 3. The summed E-state index contributed by atoms with van der Waals surface area (Å²) in [6, 6.07) is 0. The van der Waals surface area contributed by atoms with Crippen LogP contribution in [0, 0.1) is 13.8 Å². The van der Waals surface area contributed by atoms with Gasteiger partial charge in [0, 0.05) is 13.1 Å². The van der Waals surface area contributed by atoms with Gasteiger partial charge in [-0.1, -0.05) is 0 Å². The second-order valence-electron chi connectivity index (χ2n) is 4.68. The maximum absolute atomic E-state index is 12.5. The Kier molecular flexibility index (Phi) is 3.63. The van der Waals surface area contributed by atoms with E-state index in [4.69, 9.17) is 9.52 Å². The number of rotatable bonds is 3. The molecule has 1 aliphatic rings. The van der Waals surface area contributed by atoms with Crippen LogP contribution < -0.4 is 0 Å². The molecule has 9 heteroatoms. The summed E-state index contributed by atoms with van der Waals surface area (Å²) in [6.07, 6.45) is -2.38. The van der Waals surface area contributed by atoms with Crippen LogP contribution in [-0.4, -0.2) is 59.3 Å². The van der Waals surface area contributed by atoms with Gasteiger partial charge >= 0.3 is 5.97 Å². The molecule has 0 aliphatic carbocycles. The molecule has 1 saturated heterocycles. The predicted molar refractivity (Wildman–Crippen MR) is 65.9 cm³/mol. The molecule has 0 aromatic carbocycles. The highest BCUT2D eigenvalue weighted by atomic mass is 32.2. The molecule has 1 aliphatic heterocycles. The molecule has 2 unspecified atom stereocenters. The zero-order valence-electron chi connectivity index (χ0n) is 10.9. The summed E-state index contributed by atoms with van der Waals surface area (Å²) in [5.41, 5.74) is -0.418. The zero-order valence-corrected chi connectivity index (χ0v) is 11.7. The fourth-order valence-corrected chi connectivity index (χ4v) is 4.13. The standard InChI is InChI=1S/C11H15NO7S/c1-5-9(11(15)16)10(6(2)19-5)20(17,18)12-3-7(13)8(14)4-12/h7-8,13-14H,3-4H2,1-2H3,(H,15,16). The van der Waals surface area contributed by atoms with Crippen LogP contribution in [0.5, 0.6) is 0 Å². The summed E-state index contributed by atoms with van der Waals surface area (Å²) >= 11 is 0. The Bertz CT molecular complexity index is 638. The van der Waals surface area contributed by atoms with Gasteiger partial charge in [-0.05, 0) is 13.8 Å². The number of hydrogen-bond acceptors (Lipinski definition) is 6. The summed E-state index contributed by atoms with van der Waals surface area (Å²) in [5, 5.41) is 28.0. The molecule has 1 aromatic heterocycles. The van der Waals surface area contributed by atoms with E-state index in [1.54, 1.807) is 0 Å². The highest BCUT2D eigenvalue weighted by molar-refractivity contribution is 7.89. The highest BCUT2D eigenvalue weighted by Gasteiger charge is 2.41. The van der Waals surface area contributed by atoms with Crippen LogP contribution in [0.1, 0.15) is 21.9 Å². The van der Waals surface area contributed by atoms with Crippen molar-refractivity contribution in [3.05, 3.63) is 17.1 Å². The summed E-state index contributed by atoms with van der Waals surface area (Å²) < 4.78 is 30.9. The van der Waals surface area contributed by atoms with Gasteiger partial charge in [0.05, 0.1) is 12.2 Å². The molecule has 0 spiro atoms. The number of aryl methyl sites for hydroxylation is 2. The van der Waals surface area contributed by atoms with Crippen LogP contribution in [0.2, 0.25) is 0 Å². The number of aliphatic hydroxyl groups is 2. The monoisotopic (exact) mass is 305 g/mol. The van der Waals surface area contributed by atoms with Crippen LogP contribution in [0.4, 0.5) is 0 Å². The third kappa shape index (κ3) is 2.22. The summed E-state index contributed by atoms with van der Waals surface area (Å²) in [5.74, 6) is -1.44. The van der Waals surface area contributed by atoms with E-state index < -0.39 is 38.7 Å². The Morgan fingerprint density at radius 2 is 1.70 bits per heavy atom. The van der Waals surface area contributed by atoms with E-state index >= 15 is 0 Å². The van der Waals surface area contributed by atoms with E-state index in [9.17, 15) is 23.4 Å². The highest BCUT2D eigenvalue weighted by Crippen LogP contribution is 2.31. The molecule has 2 rings (SSSR count). The molecule has 0 bridgehead atoms. The zero-order chi connectivity index (χ0) is 15.2. The first-order chi connectivity index (χ1) is 9.16. The Hall–Kier alpha value is -1.42. The number of nitrogens with zero attached hydrogens (tertiary/aromatic N) is 1. The van der Waals surface area contributed by atoms with Gasteiger partial charge in [-0.15, -0.1) is 0 Å². The smallest absolute Gasteiger partial charge is 0.340 e. The number of β-amino-alcohol motifs (C(OH)–C–C–N with tert-alkyl or cyclic N) is 2. The normalized spacial score (nSPS) is 24.2. The van der Waals surface area contributed by atoms with E-state index in [0.29, 0.717) is 0 Å². The lowest BCUT2D eigenvalue weighted by Gasteiger charge is -2.15. The molecule has 0 amide bonds. The van der Waals surface area contributed by atoms with Crippen molar-refractivity contribution in [3.8, 4) is 0 Å². The summed E-state index contributed by atoms with van der Waals surface area (Å²) in [4.78, 5) is 10.8. The van der Waals surface area contributed by atoms with Gasteiger partial charge in [-0.2, -0.15) is 4.31 Å². The molecule has 2 heterocycles. The largest absolute Gasteiger partial charge is 0.478 e. The van der Waals surface area contributed by atoms with Gasteiger partial charge < -0.3 is 19.7 Å². The number of carbonyl (C=O) groups is 1. The van der Waals surface area contributed by atoms with Gasteiger partial charge in [0.2, 0.25) is 10.0 Å². The van der Waals surface area contributed by atoms with Gasteiger partial charge in [-0.3, -0.25) is 0 Å². The third-order valence-corrected chi connectivity index (χ3v) is 5.23. The van der Waals surface area contributed by atoms with Crippen LogP contribution >= 0.6 is 0 Å². The summed E-state index contributed by atoms with van der Waals surface area (Å²) in [7, 11) is -4.15. The van der Waals surface area contributed by atoms with Crippen molar-refractivity contribution in [2.75, 3.05) is 13.1 Å². The van der Waals surface area contributed by atoms with Gasteiger partial charge in [0.1, 0.15) is 22.0 Å². The quantitative estimate of drug-likeness (QED) is 0.675. The predicted octanol–water partition coefficient (Wildman–Crippen LogP) is -0.679.